The van der Waals surface area contributed by atoms with Crippen molar-refractivity contribution in [3.63, 3.8) is 0 Å². The molecule has 0 unspecified atom stereocenters. The first kappa shape index (κ1) is 105. The summed E-state index contributed by atoms with van der Waals surface area (Å²) in [5.41, 5.74) is 54.9. The molecule has 0 radical (unpaired) electrons. The van der Waals surface area contributed by atoms with Crippen LogP contribution in [0.3, 0.4) is 0 Å². The molecule has 0 spiro atoms. The Bertz CT molecular complexity index is 6930. The molecule has 708 valence electrons. The summed E-state index contributed by atoms with van der Waals surface area (Å²) in [4.78, 5) is 59.8. The summed E-state index contributed by atoms with van der Waals surface area (Å²) < 4.78 is 12.4. The van der Waals surface area contributed by atoms with Crippen molar-refractivity contribution in [2.45, 2.75) is 394 Å². The molecule has 0 aliphatic rings. The minimum absolute atomic E-state index is 0.464. The number of hydrogen-bond acceptors (Lipinski definition) is 16. The van der Waals surface area contributed by atoms with Gasteiger partial charge in [0.25, 0.3) is 5.78 Å². The van der Waals surface area contributed by atoms with Crippen molar-refractivity contribution in [3.8, 4) is 0 Å². The van der Waals surface area contributed by atoms with Gasteiger partial charge in [-0.1, -0.05) is 111 Å². The standard InChI is InChI=1S/2C16H22N2.C15H22N2.4C13H19N3.C11H16N4/c1-8(2)14-10(4)15-9(3)11(5)17-13(7)16(15)18-12(14)6;1-8(2)14-11(5)15-10(4)9(3)12(6)17-16(15)18-13(14)7;1-8(2)14-11(5)16-15-10(4)9(3)12(6)17(15)13(14)7;1-7(2)12-8(3)15-13-9(4)14-11(6)16(13)10(12)5;1-7(2)12-8(3)13-14-9(4)11(6)16(13)15-10(12)5;1-7(2)12-9(4)15-13-14-8(3)10(5)16(13)11(12)6;1-7(2)12-10(5)14-13-8(3)9(4)15-16(13)11(12)6;1-6(2)10-7(3)12-11-13-9(5)14-15(11)8(10)4/h2*8H,1-7H3;8H,1-7H3;4*7H,1-6H3;6H,1-5H3. The summed E-state index contributed by atoms with van der Waals surface area (Å²) in [6, 6.07) is 0. The van der Waals surface area contributed by atoms with Crippen LogP contribution in [-0.2, 0) is 0 Å². The van der Waals surface area contributed by atoms with Crippen LogP contribution in [0.15, 0.2) is 0 Å². The Hall–Kier alpha value is -11.2. The maximum absolute atomic E-state index is 4.80. The monoisotopic (exact) mass is 1790 g/mol. The van der Waals surface area contributed by atoms with E-state index in [1.807, 2.05) is 62.0 Å². The molecule has 16 aromatic heterocycles. The number of fused-ring (bicyclic) bond motifs is 8. The Morgan fingerprint density at radius 2 is 0.538 bits per heavy atom. The summed E-state index contributed by atoms with van der Waals surface area (Å²) >= 11 is 0. The summed E-state index contributed by atoms with van der Waals surface area (Å²) in [6.07, 6.45) is 0. The molecule has 16 aromatic rings. The van der Waals surface area contributed by atoms with Gasteiger partial charge in [-0.05, 0) is 372 Å². The van der Waals surface area contributed by atoms with E-state index in [9.17, 15) is 0 Å². The molecule has 0 saturated carbocycles. The molecule has 0 N–H and O–H groups in total. The van der Waals surface area contributed by atoms with Crippen LogP contribution in [0.4, 0.5) is 0 Å². The van der Waals surface area contributed by atoms with Gasteiger partial charge in [-0.25, -0.2) is 63.4 Å². The Balaban J connectivity index is 0.000000170. The van der Waals surface area contributed by atoms with Gasteiger partial charge >= 0.3 is 0 Å². The first-order valence-electron chi connectivity index (χ1n) is 47.7. The molecule has 132 heavy (non-hydrogen) atoms. The van der Waals surface area contributed by atoms with Crippen molar-refractivity contribution >= 4 is 56.1 Å². The SMILES string of the molecule is Cc1nc2c(C)c(C)c(C)n2c(C)c1C(C)C.Cc1nc2c(C)c(C)nn2c(C)c1C(C)C.Cc1nc2c(C)nc(C)c(C)c2c(C)c1C(C)C.Cc1nc2c(C)nc(C)n2c(C)c1C(C)C.Cc1nc2nc(C)c(C(C)C)c(C)c2c(C)c1C.Cc1nc2nc(C)c(C(C)C)c(C)n2n1.Cc1nc2nc(C)c(C)n2c(C)c1C(C)C.Cc1nn2c(C)c(C)nc2c(C)c1C(C)C. The van der Waals surface area contributed by atoms with Gasteiger partial charge in [0.1, 0.15) is 17.3 Å². The quantitative estimate of drug-likeness (QED) is 0.138. The average Bonchev–Trinajstić information content (AvgIpc) is 1.62. The number of aromatic nitrogens is 22. The highest BCUT2D eigenvalue weighted by Gasteiger charge is 2.26. The molecule has 22 nitrogen and oxygen atoms in total. The zero-order chi connectivity index (χ0) is 99.4. The topological polar surface area (TPSA) is 233 Å². The lowest BCUT2D eigenvalue weighted by molar-refractivity contribution is 0.775. The third kappa shape index (κ3) is 20.3. The van der Waals surface area contributed by atoms with E-state index in [4.69, 9.17) is 15.0 Å². The number of nitrogens with zero attached hydrogens (tertiary/aromatic N) is 22. The Labute approximate surface area is 789 Å². The highest BCUT2D eigenvalue weighted by Crippen LogP contribution is 2.37. The number of hydrogen-bond donors (Lipinski definition) is 0. The van der Waals surface area contributed by atoms with Crippen LogP contribution in [0.25, 0.3) is 56.1 Å². The molecule has 0 fully saturated rings. The van der Waals surface area contributed by atoms with E-state index in [0.29, 0.717) is 53.1 Å². The van der Waals surface area contributed by atoms with E-state index in [0.717, 1.165) is 142 Å². The first-order chi connectivity index (χ1) is 61.3. The Kier molecular flexibility index (Phi) is 32.6. The van der Waals surface area contributed by atoms with Gasteiger partial charge in [0.15, 0.2) is 22.6 Å². The van der Waals surface area contributed by atoms with Gasteiger partial charge < -0.3 is 4.40 Å². The summed E-state index contributed by atoms with van der Waals surface area (Å²) in [5.74, 6) is 7.31. The number of pyridine rings is 4. The van der Waals surface area contributed by atoms with E-state index in [1.165, 1.54) is 145 Å². The summed E-state index contributed by atoms with van der Waals surface area (Å²) in [5, 5.41) is 16.1. The van der Waals surface area contributed by atoms with Crippen molar-refractivity contribution in [1.29, 1.82) is 0 Å². The lowest BCUT2D eigenvalue weighted by atomic mass is 9.91. The second kappa shape index (κ2) is 41.1. The maximum atomic E-state index is 4.80. The fourth-order valence-corrected chi connectivity index (χ4v) is 20.9. The highest BCUT2D eigenvalue weighted by atomic mass is 15.3. The van der Waals surface area contributed by atoms with E-state index in [1.54, 1.807) is 0 Å². The normalized spacial score (nSPS) is 11.7. The Morgan fingerprint density at radius 3 is 1.05 bits per heavy atom. The average molecular weight is 1790 g/mol. The first-order valence-corrected chi connectivity index (χ1v) is 47.7. The van der Waals surface area contributed by atoms with Crippen LogP contribution < -0.4 is 0 Å². The molecular formula is C110H158N22. The molecule has 0 atom stereocenters. The van der Waals surface area contributed by atoms with Crippen LogP contribution in [0.2, 0.25) is 0 Å². The van der Waals surface area contributed by atoms with Crippen molar-refractivity contribution in [2.24, 2.45) is 0 Å². The maximum Gasteiger partial charge on any atom is 0.252 e. The molecule has 0 amide bonds. The van der Waals surface area contributed by atoms with Crippen molar-refractivity contribution in [3.05, 3.63) is 237 Å². The van der Waals surface area contributed by atoms with Gasteiger partial charge in [0.2, 0.25) is 5.78 Å². The molecule has 0 aromatic carbocycles. The van der Waals surface area contributed by atoms with Crippen LogP contribution >= 0.6 is 0 Å². The number of imidazole rings is 3. The summed E-state index contributed by atoms with van der Waals surface area (Å²) in [7, 11) is 0. The zero-order valence-electron chi connectivity index (χ0n) is 90.5. The van der Waals surface area contributed by atoms with E-state index < -0.39 is 0 Å². The lowest BCUT2D eigenvalue weighted by Crippen LogP contribution is -2.06. The van der Waals surface area contributed by atoms with Gasteiger partial charge in [-0.2, -0.15) is 20.3 Å². The molecule has 16 heterocycles. The van der Waals surface area contributed by atoms with E-state index in [-0.39, 0.29) is 0 Å². The molecule has 16 rings (SSSR count). The second-order valence-electron chi connectivity index (χ2n) is 39.7. The minimum atomic E-state index is 0.464. The van der Waals surface area contributed by atoms with Crippen LogP contribution in [0, 0.1) is 235 Å². The van der Waals surface area contributed by atoms with E-state index in [2.05, 4.69) is 376 Å². The van der Waals surface area contributed by atoms with Crippen LogP contribution in [-0.4, -0.2) is 107 Å². The highest BCUT2D eigenvalue weighted by molar-refractivity contribution is 5.89. The molecule has 0 bridgehead atoms. The Morgan fingerprint density at radius 1 is 0.174 bits per heavy atom. The van der Waals surface area contributed by atoms with Gasteiger partial charge in [-0.3, -0.25) is 18.8 Å². The van der Waals surface area contributed by atoms with Gasteiger partial charge in [0.05, 0.1) is 45.4 Å². The largest absolute Gasteiger partial charge is 0.302 e. The minimum Gasteiger partial charge on any atom is -0.302 e. The van der Waals surface area contributed by atoms with E-state index >= 15 is 0 Å². The fraction of sp³-hybridized carbons (Fsp3) is 0.527. The third-order valence-electron chi connectivity index (χ3n) is 27.4. The smallest absolute Gasteiger partial charge is 0.252 e. The lowest BCUT2D eigenvalue weighted by Gasteiger charge is -2.18. The molecule has 0 aliphatic carbocycles. The van der Waals surface area contributed by atoms with Crippen LogP contribution in [0.1, 0.15) is 395 Å². The predicted octanol–water partition coefficient (Wildman–Crippen LogP) is 27.1. The van der Waals surface area contributed by atoms with Gasteiger partial charge in [0, 0.05) is 107 Å². The molecule has 0 aliphatic heterocycles. The molecule has 22 heteroatoms. The van der Waals surface area contributed by atoms with Gasteiger partial charge in [-0.15, -0.1) is 0 Å². The molecular weight excluding hydrogens is 1630 g/mol. The number of aryl methyl sites for hydroxylation is 32. The zero-order valence-corrected chi connectivity index (χ0v) is 90.5. The molecule has 0 saturated heterocycles. The van der Waals surface area contributed by atoms with Crippen LogP contribution in [0.5, 0.6) is 0 Å². The second-order valence-corrected chi connectivity index (χ2v) is 39.7. The fourth-order valence-electron chi connectivity index (χ4n) is 20.9. The third-order valence-corrected chi connectivity index (χ3v) is 27.4. The predicted molar refractivity (Wildman–Crippen MR) is 551 cm³/mol. The number of rotatable bonds is 8. The van der Waals surface area contributed by atoms with Crippen molar-refractivity contribution in [1.82, 2.24) is 107 Å². The van der Waals surface area contributed by atoms with Crippen molar-refractivity contribution in [2.75, 3.05) is 0 Å². The summed E-state index contributed by atoms with van der Waals surface area (Å²) in [6.45, 7) is 107. The van der Waals surface area contributed by atoms with Crippen molar-refractivity contribution < 1.29 is 0 Å².